The molecule has 0 bridgehead atoms. The Kier molecular flexibility index (Phi) is 2.33. The molecule has 1 fully saturated rings. The number of rotatable bonds is 1. The monoisotopic (exact) mass is 185 g/mol. The molecule has 0 amide bonds. The van der Waals surface area contributed by atoms with E-state index in [0.717, 1.165) is 0 Å². The minimum atomic E-state index is -4.62. The standard InChI is InChI=1S/C6H10F3NO2/c7-6(8,9)5(12)1-4(2-11)10-3-5/h4,10-12H,1-3H2/t4-,5-/m0/s1. The third kappa shape index (κ3) is 1.55. The minimum Gasteiger partial charge on any atom is -0.395 e. The van der Waals surface area contributed by atoms with Crippen LogP contribution < -0.4 is 5.32 Å². The fraction of sp³-hybridized carbons (Fsp3) is 1.00. The van der Waals surface area contributed by atoms with E-state index in [4.69, 9.17) is 10.2 Å². The summed E-state index contributed by atoms with van der Waals surface area (Å²) in [5.74, 6) is 0. The molecule has 1 heterocycles. The van der Waals surface area contributed by atoms with Crippen LogP contribution in [0.1, 0.15) is 6.42 Å². The molecule has 1 rings (SSSR count). The number of hydrogen-bond acceptors (Lipinski definition) is 3. The Balaban J connectivity index is 2.64. The summed E-state index contributed by atoms with van der Waals surface area (Å²) in [5, 5.41) is 19.9. The zero-order chi connectivity index (χ0) is 9.41. The van der Waals surface area contributed by atoms with Crippen molar-refractivity contribution >= 4 is 0 Å². The molecule has 0 aliphatic carbocycles. The summed E-state index contributed by atoms with van der Waals surface area (Å²) in [4.78, 5) is 0. The number of alkyl halides is 3. The summed E-state index contributed by atoms with van der Waals surface area (Å²) < 4.78 is 36.2. The van der Waals surface area contributed by atoms with Gasteiger partial charge in [-0.1, -0.05) is 0 Å². The maximum absolute atomic E-state index is 12.1. The number of hydrogen-bond donors (Lipinski definition) is 3. The fourth-order valence-corrected chi connectivity index (χ4v) is 1.21. The van der Waals surface area contributed by atoms with E-state index in [1.807, 2.05) is 0 Å². The third-order valence-corrected chi connectivity index (χ3v) is 2.02. The highest BCUT2D eigenvalue weighted by atomic mass is 19.4. The summed E-state index contributed by atoms with van der Waals surface area (Å²) in [6, 6.07) is -0.656. The Morgan fingerprint density at radius 3 is 2.33 bits per heavy atom. The second-order valence-electron chi connectivity index (χ2n) is 2.99. The number of aliphatic hydroxyl groups excluding tert-OH is 1. The predicted molar refractivity (Wildman–Crippen MR) is 34.5 cm³/mol. The van der Waals surface area contributed by atoms with Gasteiger partial charge in [-0.2, -0.15) is 13.2 Å². The van der Waals surface area contributed by atoms with Gasteiger partial charge in [-0.3, -0.25) is 0 Å². The van der Waals surface area contributed by atoms with Gasteiger partial charge in [0.2, 0.25) is 0 Å². The van der Waals surface area contributed by atoms with Crippen LogP contribution >= 0.6 is 0 Å². The van der Waals surface area contributed by atoms with Crippen molar-refractivity contribution in [1.29, 1.82) is 0 Å². The third-order valence-electron chi connectivity index (χ3n) is 2.02. The average Bonchev–Trinajstić information content (AvgIpc) is 2.31. The van der Waals surface area contributed by atoms with Gasteiger partial charge in [0.05, 0.1) is 6.61 Å². The van der Waals surface area contributed by atoms with E-state index >= 15 is 0 Å². The highest BCUT2D eigenvalue weighted by Gasteiger charge is 2.57. The Morgan fingerprint density at radius 2 is 2.08 bits per heavy atom. The molecule has 0 spiro atoms. The molecule has 0 aromatic carbocycles. The molecular formula is C6H10F3NO2. The molecule has 1 aliphatic rings. The minimum absolute atomic E-state index is 0.390. The Bertz CT molecular complexity index is 173. The van der Waals surface area contributed by atoms with Gasteiger partial charge in [-0.25, -0.2) is 0 Å². The van der Waals surface area contributed by atoms with Gasteiger partial charge in [0.1, 0.15) is 0 Å². The van der Waals surface area contributed by atoms with Gasteiger partial charge < -0.3 is 15.5 Å². The first kappa shape index (κ1) is 9.76. The van der Waals surface area contributed by atoms with Crippen molar-refractivity contribution in [3.8, 4) is 0 Å². The van der Waals surface area contributed by atoms with Gasteiger partial charge in [0.25, 0.3) is 0 Å². The zero-order valence-electron chi connectivity index (χ0n) is 6.23. The number of aliphatic hydroxyl groups is 2. The first-order chi connectivity index (χ1) is 5.39. The normalized spacial score (nSPS) is 37.2. The lowest BCUT2D eigenvalue weighted by Gasteiger charge is -2.24. The molecule has 0 unspecified atom stereocenters. The molecule has 0 radical (unpaired) electrons. The van der Waals surface area contributed by atoms with Crippen LogP contribution in [0, 0.1) is 0 Å². The Morgan fingerprint density at radius 1 is 1.50 bits per heavy atom. The first-order valence-corrected chi connectivity index (χ1v) is 3.52. The quantitative estimate of drug-likeness (QED) is 0.522. The van der Waals surface area contributed by atoms with Crippen LogP contribution in [0.3, 0.4) is 0 Å². The van der Waals surface area contributed by atoms with E-state index < -0.39 is 37.4 Å². The molecule has 3 nitrogen and oxygen atoms in total. The Hall–Kier alpha value is -0.330. The molecule has 6 heteroatoms. The molecule has 72 valence electrons. The highest BCUT2D eigenvalue weighted by Crippen LogP contribution is 2.36. The number of nitrogens with one attached hydrogen (secondary N) is 1. The summed E-state index contributed by atoms with van der Waals surface area (Å²) in [5.41, 5.74) is -2.67. The van der Waals surface area contributed by atoms with Gasteiger partial charge in [0.15, 0.2) is 5.60 Å². The van der Waals surface area contributed by atoms with Crippen LogP contribution in [-0.2, 0) is 0 Å². The second-order valence-corrected chi connectivity index (χ2v) is 2.99. The van der Waals surface area contributed by atoms with E-state index in [9.17, 15) is 13.2 Å². The second kappa shape index (κ2) is 2.86. The van der Waals surface area contributed by atoms with E-state index in [-0.39, 0.29) is 0 Å². The number of β-amino-alcohol motifs (C(OH)–C–C–N with tert-alkyl or cyclic N) is 1. The van der Waals surface area contributed by atoms with Crippen molar-refractivity contribution in [2.24, 2.45) is 0 Å². The Labute approximate surface area is 67.2 Å². The maximum atomic E-state index is 12.1. The lowest BCUT2D eigenvalue weighted by molar-refractivity contribution is -0.252. The van der Waals surface area contributed by atoms with Gasteiger partial charge >= 0.3 is 6.18 Å². The van der Waals surface area contributed by atoms with Crippen LogP contribution in [0.5, 0.6) is 0 Å². The largest absolute Gasteiger partial charge is 0.418 e. The lowest BCUT2D eigenvalue weighted by atomic mass is 10.0. The molecule has 12 heavy (non-hydrogen) atoms. The predicted octanol–water partition coefficient (Wildman–Crippen LogP) is -0.366. The summed E-state index contributed by atoms with van der Waals surface area (Å²) >= 11 is 0. The van der Waals surface area contributed by atoms with Gasteiger partial charge in [-0.15, -0.1) is 0 Å². The molecule has 0 aromatic rings. The van der Waals surface area contributed by atoms with Crippen molar-refractivity contribution < 1.29 is 23.4 Å². The topological polar surface area (TPSA) is 52.5 Å². The molecule has 2 atom stereocenters. The van der Waals surface area contributed by atoms with Crippen LogP contribution in [0.15, 0.2) is 0 Å². The maximum Gasteiger partial charge on any atom is 0.418 e. The van der Waals surface area contributed by atoms with E-state index in [0.29, 0.717) is 0 Å². The van der Waals surface area contributed by atoms with Gasteiger partial charge in [-0.05, 0) is 0 Å². The summed E-state index contributed by atoms with van der Waals surface area (Å²) in [7, 11) is 0. The molecule has 1 saturated heterocycles. The smallest absolute Gasteiger partial charge is 0.395 e. The molecule has 0 aromatic heterocycles. The zero-order valence-corrected chi connectivity index (χ0v) is 6.23. The van der Waals surface area contributed by atoms with Crippen molar-refractivity contribution in [2.75, 3.05) is 13.2 Å². The van der Waals surface area contributed by atoms with Crippen LogP contribution in [0.25, 0.3) is 0 Å². The fourth-order valence-electron chi connectivity index (χ4n) is 1.21. The highest BCUT2D eigenvalue weighted by molar-refractivity contribution is 4.98. The van der Waals surface area contributed by atoms with Crippen molar-refractivity contribution in [3.05, 3.63) is 0 Å². The van der Waals surface area contributed by atoms with Crippen molar-refractivity contribution in [1.82, 2.24) is 5.32 Å². The SMILES string of the molecule is OC[C@@H]1C[C@@](O)(C(F)(F)F)CN1. The number of halogens is 3. The molecule has 3 N–H and O–H groups in total. The summed E-state index contributed by atoms with van der Waals surface area (Å²) in [6.07, 6.45) is -5.10. The molecular weight excluding hydrogens is 175 g/mol. The van der Waals surface area contributed by atoms with E-state index in [2.05, 4.69) is 5.32 Å². The van der Waals surface area contributed by atoms with Crippen LogP contribution in [0.4, 0.5) is 13.2 Å². The van der Waals surface area contributed by atoms with E-state index in [1.165, 1.54) is 0 Å². The van der Waals surface area contributed by atoms with Crippen molar-refractivity contribution in [3.63, 3.8) is 0 Å². The van der Waals surface area contributed by atoms with Crippen LogP contribution in [-0.4, -0.2) is 41.2 Å². The molecule has 1 aliphatic heterocycles. The van der Waals surface area contributed by atoms with Crippen molar-refractivity contribution in [2.45, 2.75) is 24.2 Å². The molecule has 0 saturated carbocycles. The average molecular weight is 185 g/mol. The lowest BCUT2D eigenvalue weighted by Crippen LogP contribution is -2.46. The first-order valence-electron chi connectivity index (χ1n) is 3.52. The summed E-state index contributed by atoms with van der Waals surface area (Å²) in [6.45, 7) is -0.930. The van der Waals surface area contributed by atoms with Crippen LogP contribution in [0.2, 0.25) is 0 Å². The van der Waals surface area contributed by atoms with Gasteiger partial charge in [0, 0.05) is 19.0 Å². The van der Waals surface area contributed by atoms with E-state index in [1.54, 1.807) is 0 Å².